The molecular formula is Ag3O2SSb. The molecule has 0 fully saturated rings. The molecule has 0 aromatic rings. The number of hydrogen-bond acceptors (Lipinski definition) is 3. The Morgan fingerprint density at radius 1 is 1.00 bits per heavy atom. The minimum atomic E-state index is -3.37. The molecule has 0 heterocycles. The van der Waals surface area contributed by atoms with Gasteiger partial charge in [0, 0.05) is 0 Å². The van der Waals surface area contributed by atoms with Gasteiger partial charge in [0.2, 0.25) is 0 Å². The molecule has 0 bridgehead atoms. The summed E-state index contributed by atoms with van der Waals surface area (Å²) in [5.41, 5.74) is 0. The van der Waals surface area contributed by atoms with Crippen LogP contribution in [-0.4, -0.2) is 19.6 Å². The van der Waals surface area contributed by atoms with Gasteiger partial charge in [-0.2, -0.15) is 0 Å². The Bertz CT molecular complexity index is 17.7. The van der Waals surface area contributed by atoms with Gasteiger partial charge < -0.3 is 0 Å². The van der Waals surface area contributed by atoms with Gasteiger partial charge in [0.1, 0.15) is 0 Å². The van der Waals surface area contributed by atoms with E-state index < -0.39 is 19.6 Å². The molecule has 56 valence electrons. The molecule has 0 amide bonds. The molecule has 0 N–H and O–H groups in total. The Hall–Kier alpha value is 3.31. The van der Waals surface area contributed by atoms with Crippen molar-refractivity contribution >= 4 is 29.4 Å². The monoisotopic (exact) mass is 506 g/mol. The molecule has 0 atom stereocenters. The first-order valence-electron chi connectivity index (χ1n) is 0.548. The molecule has 2 nitrogen and oxygen atoms in total. The Morgan fingerprint density at radius 3 is 1.00 bits per heavy atom. The van der Waals surface area contributed by atoms with Crippen molar-refractivity contribution in [3.05, 3.63) is 0 Å². The van der Waals surface area contributed by atoms with Crippen molar-refractivity contribution in [2.24, 2.45) is 0 Å². The Labute approximate surface area is 101 Å². The normalized spacial score (nSPS) is 5.14. The van der Waals surface area contributed by atoms with Crippen LogP contribution in [0.3, 0.4) is 0 Å². The van der Waals surface area contributed by atoms with Crippen LogP contribution in [0.5, 0.6) is 0 Å². The fourth-order valence-corrected chi connectivity index (χ4v) is 0. The van der Waals surface area contributed by atoms with E-state index in [-0.39, 0.29) is 67.1 Å². The van der Waals surface area contributed by atoms with E-state index in [1.807, 2.05) is 0 Å². The first-order valence-corrected chi connectivity index (χ1v) is 6.12. The van der Waals surface area contributed by atoms with Gasteiger partial charge in [-0.05, 0) is 0 Å². The molecule has 0 saturated heterocycles. The average Bonchev–Trinajstić information content (AvgIpc) is 0.811. The van der Waals surface area contributed by atoms with Crippen molar-refractivity contribution in [3.63, 3.8) is 0 Å². The fourth-order valence-electron chi connectivity index (χ4n) is 0. The van der Waals surface area contributed by atoms with Crippen LogP contribution in [0.4, 0.5) is 0 Å². The zero-order chi connectivity index (χ0) is 3.58. The summed E-state index contributed by atoms with van der Waals surface area (Å²) in [6.45, 7) is 0. The molecule has 0 aliphatic rings. The van der Waals surface area contributed by atoms with Crippen molar-refractivity contribution in [2.75, 3.05) is 0 Å². The van der Waals surface area contributed by atoms with E-state index in [1.54, 1.807) is 0 Å². The van der Waals surface area contributed by atoms with Crippen LogP contribution in [-0.2, 0) is 76.9 Å². The zero-order valence-electron chi connectivity index (χ0n) is 2.58. The second-order valence-corrected chi connectivity index (χ2v) is 3.50. The van der Waals surface area contributed by atoms with E-state index in [0.717, 1.165) is 0 Å². The molecule has 0 spiro atoms. The van der Waals surface area contributed by atoms with Gasteiger partial charge in [0.05, 0.1) is 0 Å². The molecule has 0 rings (SSSR count). The molecule has 0 saturated carbocycles. The topological polar surface area (TPSA) is 46.1 Å². The SMILES string of the molecule is [Ag+].[Ag+].[Ag+].[O-][Sb]([O-])[S-]. The van der Waals surface area contributed by atoms with Gasteiger partial charge >= 0.3 is 103 Å². The van der Waals surface area contributed by atoms with Crippen LogP contribution in [0.1, 0.15) is 0 Å². The molecule has 0 unspecified atom stereocenters. The molecular weight excluding hydrogens is 509 g/mol. The van der Waals surface area contributed by atoms with Crippen molar-refractivity contribution in [2.45, 2.75) is 0 Å². The predicted octanol–water partition coefficient (Wildman–Crippen LogP) is -2.77. The summed E-state index contributed by atoms with van der Waals surface area (Å²) in [6.07, 6.45) is 0. The summed E-state index contributed by atoms with van der Waals surface area (Å²) in [7, 11) is 3.69. The second kappa shape index (κ2) is 16.1. The first kappa shape index (κ1) is 22.4. The Balaban J connectivity index is -0.0000000150. The summed E-state index contributed by atoms with van der Waals surface area (Å²) in [5, 5.41) is 0. The van der Waals surface area contributed by atoms with Crippen molar-refractivity contribution < 1.29 is 73.9 Å². The fraction of sp³-hybridized carbons (Fsp3) is 0. The van der Waals surface area contributed by atoms with E-state index in [0.29, 0.717) is 0 Å². The third kappa shape index (κ3) is 45.4. The summed E-state index contributed by atoms with van der Waals surface area (Å²) >= 11 is -3.37. The summed E-state index contributed by atoms with van der Waals surface area (Å²) in [5.74, 6) is 0. The van der Waals surface area contributed by atoms with Gasteiger partial charge in [-0.15, -0.1) is 0 Å². The van der Waals surface area contributed by atoms with E-state index >= 15 is 0 Å². The Kier molecular flexibility index (Phi) is 51.8. The predicted molar refractivity (Wildman–Crippen MR) is 13.1 cm³/mol. The van der Waals surface area contributed by atoms with Crippen LogP contribution in [0, 0.1) is 0 Å². The average molecular weight is 509 g/mol. The van der Waals surface area contributed by atoms with E-state index in [2.05, 4.69) is 9.72 Å². The van der Waals surface area contributed by atoms with Gasteiger partial charge in [0.15, 0.2) is 0 Å². The van der Waals surface area contributed by atoms with Crippen LogP contribution in [0.15, 0.2) is 0 Å². The van der Waals surface area contributed by atoms with E-state index in [9.17, 15) is 0 Å². The molecule has 0 aliphatic heterocycles. The molecule has 7 heavy (non-hydrogen) atoms. The van der Waals surface area contributed by atoms with Crippen LogP contribution >= 0.6 is 0 Å². The minimum absolute atomic E-state index is 0. The Morgan fingerprint density at radius 2 is 1.00 bits per heavy atom. The van der Waals surface area contributed by atoms with Gasteiger partial charge in [-0.25, -0.2) is 0 Å². The summed E-state index contributed by atoms with van der Waals surface area (Å²) in [6, 6.07) is 0. The quantitative estimate of drug-likeness (QED) is 0.263. The number of hydrogen-bond donors (Lipinski definition) is 0. The first-order chi connectivity index (χ1) is 1.73. The van der Waals surface area contributed by atoms with Crippen molar-refractivity contribution in [3.8, 4) is 0 Å². The second-order valence-electron chi connectivity index (χ2n) is 0.224. The summed E-state index contributed by atoms with van der Waals surface area (Å²) < 4.78 is 17.9. The van der Waals surface area contributed by atoms with Crippen LogP contribution < -0.4 is 6.77 Å². The van der Waals surface area contributed by atoms with E-state index in [4.69, 9.17) is 6.77 Å². The van der Waals surface area contributed by atoms with Crippen LogP contribution in [0.25, 0.3) is 0 Å². The van der Waals surface area contributed by atoms with Gasteiger partial charge in [-0.3, -0.25) is 0 Å². The molecule has 0 aromatic heterocycles. The molecule has 0 radical (unpaired) electrons. The maximum atomic E-state index is 8.97. The summed E-state index contributed by atoms with van der Waals surface area (Å²) in [4.78, 5) is 0. The van der Waals surface area contributed by atoms with Crippen molar-refractivity contribution in [1.82, 2.24) is 0 Å². The maximum absolute atomic E-state index is 8.97. The zero-order valence-corrected chi connectivity index (χ0v) is 10.4. The van der Waals surface area contributed by atoms with Crippen LogP contribution in [0.2, 0.25) is 0 Å². The standard InChI is InChI=1S/3Ag.2O.S.Sb/q3*+1;3*-1;. The third-order valence-electron chi connectivity index (χ3n) is 0. The molecule has 0 aliphatic carbocycles. The van der Waals surface area contributed by atoms with Gasteiger partial charge in [0.25, 0.3) is 0 Å². The number of rotatable bonds is 0. The molecule has 0 aromatic carbocycles. The van der Waals surface area contributed by atoms with Gasteiger partial charge in [-0.1, -0.05) is 0 Å². The third-order valence-corrected chi connectivity index (χ3v) is 0. The van der Waals surface area contributed by atoms with Crippen molar-refractivity contribution in [1.29, 1.82) is 0 Å². The van der Waals surface area contributed by atoms with E-state index in [1.165, 1.54) is 0 Å². The molecule has 7 heteroatoms.